The Morgan fingerprint density at radius 1 is 0.947 bits per heavy atom. The van der Waals surface area contributed by atoms with Gasteiger partial charge in [0.2, 0.25) is 0 Å². The topological polar surface area (TPSA) is 22.1 Å². The number of nitrogens with zero attached hydrogens (tertiary/aromatic N) is 1. The molecule has 0 bridgehead atoms. The number of benzene rings is 2. The van der Waals surface area contributed by atoms with Crippen LogP contribution in [0.25, 0.3) is 22.0 Å². The predicted octanol–water partition coefficient (Wildman–Crippen LogP) is 4.22. The van der Waals surface area contributed by atoms with Crippen LogP contribution in [0.1, 0.15) is 5.56 Å². The number of fused-ring (bicyclic) bond motifs is 1. The van der Waals surface area contributed by atoms with Crippen LogP contribution in [0.4, 0.5) is 0 Å². The van der Waals surface area contributed by atoms with E-state index < -0.39 is 0 Å². The Morgan fingerprint density at radius 2 is 1.79 bits per heavy atom. The number of methoxy groups -OCH3 is 1. The molecule has 3 rings (SSSR count). The molecular formula is C17H15NO. The Bertz CT molecular complexity index is 734. The maximum absolute atomic E-state index is 5.25. The van der Waals surface area contributed by atoms with Gasteiger partial charge in [-0.2, -0.15) is 0 Å². The number of aromatic nitrogens is 1. The fraction of sp³-hybridized carbons (Fsp3) is 0.118. The van der Waals surface area contributed by atoms with Gasteiger partial charge >= 0.3 is 0 Å². The molecule has 2 heteroatoms. The van der Waals surface area contributed by atoms with Crippen molar-refractivity contribution in [3.8, 4) is 16.9 Å². The van der Waals surface area contributed by atoms with E-state index in [0.717, 1.165) is 16.7 Å². The van der Waals surface area contributed by atoms with Crippen molar-refractivity contribution in [2.45, 2.75) is 6.92 Å². The number of aryl methyl sites for hydroxylation is 1. The Morgan fingerprint density at radius 3 is 2.58 bits per heavy atom. The summed E-state index contributed by atoms with van der Waals surface area (Å²) >= 11 is 0. The zero-order chi connectivity index (χ0) is 13.2. The molecule has 0 aliphatic rings. The Hall–Kier alpha value is -2.35. The van der Waals surface area contributed by atoms with Crippen molar-refractivity contribution < 1.29 is 4.74 Å². The summed E-state index contributed by atoms with van der Waals surface area (Å²) in [5.41, 5.74) is 4.69. The summed E-state index contributed by atoms with van der Waals surface area (Å²) in [7, 11) is 1.67. The van der Waals surface area contributed by atoms with E-state index >= 15 is 0 Å². The van der Waals surface area contributed by atoms with Crippen LogP contribution in [0.3, 0.4) is 0 Å². The second-order valence-electron chi connectivity index (χ2n) is 4.56. The molecule has 19 heavy (non-hydrogen) atoms. The summed E-state index contributed by atoms with van der Waals surface area (Å²) in [6.45, 7) is 2.13. The molecule has 94 valence electrons. The third kappa shape index (κ3) is 2.06. The molecule has 0 fully saturated rings. The van der Waals surface area contributed by atoms with E-state index in [2.05, 4.69) is 48.3 Å². The number of pyridine rings is 1. The van der Waals surface area contributed by atoms with Crippen LogP contribution >= 0.6 is 0 Å². The molecule has 0 amide bonds. The van der Waals surface area contributed by atoms with Gasteiger partial charge in [-0.1, -0.05) is 24.3 Å². The maximum Gasteiger partial charge on any atom is 0.121 e. The van der Waals surface area contributed by atoms with Crippen molar-refractivity contribution in [3.05, 3.63) is 60.3 Å². The minimum Gasteiger partial charge on any atom is -0.497 e. The van der Waals surface area contributed by atoms with Crippen LogP contribution in [-0.2, 0) is 0 Å². The van der Waals surface area contributed by atoms with Gasteiger partial charge in [0.15, 0.2) is 0 Å². The average Bonchev–Trinajstić information content (AvgIpc) is 2.46. The standard InChI is InChI=1S/C17H15NO/c1-12-5-3-4-6-14(12)15-9-10-18-17-11-13(19-2)7-8-16(15)17/h3-11H,1-2H3. The third-order valence-corrected chi connectivity index (χ3v) is 3.39. The first-order valence-electron chi connectivity index (χ1n) is 6.28. The maximum atomic E-state index is 5.25. The van der Waals surface area contributed by atoms with Crippen molar-refractivity contribution >= 4 is 10.9 Å². The highest BCUT2D eigenvalue weighted by molar-refractivity contribution is 5.95. The first-order valence-corrected chi connectivity index (χ1v) is 6.28. The van der Waals surface area contributed by atoms with Crippen molar-refractivity contribution in [2.75, 3.05) is 7.11 Å². The van der Waals surface area contributed by atoms with E-state index in [1.54, 1.807) is 7.11 Å². The molecule has 2 aromatic carbocycles. The molecule has 0 aliphatic heterocycles. The lowest BCUT2D eigenvalue weighted by Crippen LogP contribution is -1.88. The van der Waals surface area contributed by atoms with Crippen molar-refractivity contribution in [1.82, 2.24) is 4.98 Å². The predicted molar refractivity (Wildman–Crippen MR) is 78.5 cm³/mol. The van der Waals surface area contributed by atoms with E-state index in [9.17, 15) is 0 Å². The Labute approximate surface area is 112 Å². The summed E-state index contributed by atoms with van der Waals surface area (Å²) < 4.78 is 5.25. The van der Waals surface area contributed by atoms with Crippen molar-refractivity contribution in [1.29, 1.82) is 0 Å². The van der Waals surface area contributed by atoms with Gasteiger partial charge in [-0.15, -0.1) is 0 Å². The lowest BCUT2D eigenvalue weighted by Gasteiger charge is -2.10. The fourth-order valence-corrected chi connectivity index (χ4v) is 2.36. The molecule has 0 saturated heterocycles. The van der Waals surface area contributed by atoms with Gasteiger partial charge < -0.3 is 4.74 Å². The van der Waals surface area contributed by atoms with E-state index in [-0.39, 0.29) is 0 Å². The van der Waals surface area contributed by atoms with Gasteiger partial charge in [0.1, 0.15) is 5.75 Å². The molecule has 2 nitrogen and oxygen atoms in total. The molecule has 0 atom stereocenters. The highest BCUT2D eigenvalue weighted by atomic mass is 16.5. The minimum absolute atomic E-state index is 0.835. The van der Waals surface area contributed by atoms with Crippen LogP contribution in [-0.4, -0.2) is 12.1 Å². The van der Waals surface area contributed by atoms with Gasteiger partial charge in [0.05, 0.1) is 12.6 Å². The van der Waals surface area contributed by atoms with E-state index in [0.29, 0.717) is 0 Å². The van der Waals surface area contributed by atoms with Gasteiger partial charge in [0.25, 0.3) is 0 Å². The second-order valence-corrected chi connectivity index (χ2v) is 4.56. The highest BCUT2D eigenvalue weighted by Crippen LogP contribution is 2.31. The molecule has 1 aromatic heterocycles. The Balaban J connectivity index is 2.28. The minimum atomic E-state index is 0.835. The summed E-state index contributed by atoms with van der Waals surface area (Å²) in [6.07, 6.45) is 1.85. The van der Waals surface area contributed by atoms with Gasteiger partial charge in [-0.25, -0.2) is 0 Å². The quantitative estimate of drug-likeness (QED) is 0.678. The molecule has 0 aliphatic carbocycles. The van der Waals surface area contributed by atoms with Gasteiger partial charge in [-0.3, -0.25) is 4.98 Å². The van der Waals surface area contributed by atoms with E-state index in [1.807, 2.05) is 18.3 Å². The summed E-state index contributed by atoms with van der Waals surface area (Å²) in [6, 6.07) is 16.5. The molecule has 0 saturated carbocycles. The van der Waals surface area contributed by atoms with Crippen molar-refractivity contribution in [3.63, 3.8) is 0 Å². The highest BCUT2D eigenvalue weighted by Gasteiger charge is 2.07. The number of hydrogen-bond acceptors (Lipinski definition) is 2. The Kier molecular flexibility index (Phi) is 2.92. The summed E-state index contributed by atoms with van der Waals surface area (Å²) in [4.78, 5) is 4.43. The molecule has 0 N–H and O–H groups in total. The van der Waals surface area contributed by atoms with Crippen LogP contribution < -0.4 is 4.74 Å². The lowest BCUT2D eigenvalue weighted by molar-refractivity contribution is 0.415. The lowest BCUT2D eigenvalue weighted by atomic mass is 9.97. The second kappa shape index (κ2) is 4.73. The summed E-state index contributed by atoms with van der Waals surface area (Å²) in [5.74, 6) is 0.835. The third-order valence-electron chi connectivity index (χ3n) is 3.39. The van der Waals surface area contributed by atoms with Crippen LogP contribution in [0.15, 0.2) is 54.7 Å². The monoisotopic (exact) mass is 249 g/mol. The van der Waals surface area contributed by atoms with Crippen molar-refractivity contribution in [2.24, 2.45) is 0 Å². The normalized spacial score (nSPS) is 10.6. The zero-order valence-corrected chi connectivity index (χ0v) is 11.1. The van der Waals surface area contributed by atoms with Crippen LogP contribution in [0, 0.1) is 6.92 Å². The molecular weight excluding hydrogens is 234 g/mol. The molecule has 1 heterocycles. The van der Waals surface area contributed by atoms with Gasteiger partial charge in [-0.05, 0) is 41.8 Å². The largest absolute Gasteiger partial charge is 0.497 e. The summed E-state index contributed by atoms with van der Waals surface area (Å²) in [5, 5.41) is 1.15. The molecule has 0 unspecified atom stereocenters. The molecule has 3 aromatic rings. The van der Waals surface area contributed by atoms with E-state index in [4.69, 9.17) is 4.74 Å². The van der Waals surface area contributed by atoms with E-state index in [1.165, 1.54) is 16.7 Å². The zero-order valence-electron chi connectivity index (χ0n) is 11.1. The number of rotatable bonds is 2. The fourth-order valence-electron chi connectivity index (χ4n) is 2.36. The van der Waals surface area contributed by atoms with Crippen LogP contribution in [0.5, 0.6) is 5.75 Å². The number of hydrogen-bond donors (Lipinski definition) is 0. The molecule has 0 radical (unpaired) electrons. The first-order chi connectivity index (χ1) is 9.29. The van der Waals surface area contributed by atoms with Gasteiger partial charge in [0, 0.05) is 17.6 Å². The number of ether oxygens (including phenoxy) is 1. The van der Waals surface area contributed by atoms with Crippen LogP contribution in [0.2, 0.25) is 0 Å². The SMILES string of the molecule is COc1ccc2c(-c3ccccc3C)ccnc2c1. The first kappa shape index (κ1) is 11.7. The molecule has 0 spiro atoms. The smallest absolute Gasteiger partial charge is 0.121 e. The average molecular weight is 249 g/mol.